The molecule has 4 rings (SSSR count). The third kappa shape index (κ3) is 2.97. The van der Waals surface area contributed by atoms with Crippen LogP contribution in [0.1, 0.15) is 17.2 Å². The molecule has 1 unspecified atom stereocenters. The summed E-state index contributed by atoms with van der Waals surface area (Å²) in [4.78, 5) is 14.6. The summed E-state index contributed by atoms with van der Waals surface area (Å²) >= 11 is 12.2. The fraction of sp³-hybridized carbons (Fsp3) is 0.0500. The van der Waals surface area contributed by atoms with Crippen LogP contribution in [0.5, 0.6) is 0 Å². The van der Waals surface area contributed by atoms with Crippen LogP contribution in [0.4, 0.5) is 16.2 Å². The summed E-state index contributed by atoms with van der Waals surface area (Å²) in [5, 5.41) is 4.20. The molecule has 3 aromatic rings. The number of hydrogen-bond donors (Lipinski definition) is 1. The predicted molar refractivity (Wildman–Crippen MR) is 103 cm³/mol. The molecule has 124 valence electrons. The van der Waals surface area contributed by atoms with Gasteiger partial charge in [-0.1, -0.05) is 53.5 Å². The predicted octanol–water partition coefficient (Wildman–Crippen LogP) is 6.13. The quantitative estimate of drug-likeness (QED) is 0.579. The van der Waals surface area contributed by atoms with Crippen LogP contribution in [-0.2, 0) is 0 Å². The van der Waals surface area contributed by atoms with Crippen molar-refractivity contribution >= 4 is 40.6 Å². The van der Waals surface area contributed by atoms with Gasteiger partial charge in [-0.3, -0.25) is 4.90 Å². The van der Waals surface area contributed by atoms with E-state index >= 15 is 0 Å². The average Bonchev–Trinajstić information content (AvgIpc) is 2.63. The van der Waals surface area contributed by atoms with Crippen molar-refractivity contribution in [3.63, 3.8) is 0 Å². The van der Waals surface area contributed by atoms with E-state index < -0.39 is 0 Å². The Kier molecular flexibility index (Phi) is 4.12. The highest BCUT2D eigenvalue weighted by Gasteiger charge is 2.34. The Labute approximate surface area is 155 Å². The smallest absolute Gasteiger partial charge is 0.307 e. The number of halogens is 2. The van der Waals surface area contributed by atoms with Gasteiger partial charge in [0.1, 0.15) is 0 Å². The second-order valence-corrected chi connectivity index (χ2v) is 6.69. The van der Waals surface area contributed by atoms with E-state index in [1.807, 2.05) is 54.6 Å². The molecule has 0 bridgehead atoms. The van der Waals surface area contributed by atoms with Crippen molar-refractivity contribution in [3.05, 3.63) is 94.0 Å². The summed E-state index contributed by atoms with van der Waals surface area (Å²) in [5.74, 6) is 0. The number of fused-ring (bicyclic) bond motifs is 1. The summed E-state index contributed by atoms with van der Waals surface area (Å²) in [6.45, 7) is 0. The molecule has 1 heterocycles. The monoisotopic (exact) mass is 368 g/mol. The van der Waals surface area contributed by atoms with Crippen molar-refractivity contribution in [1.29, 1.82) is 0 Å². The number of hydrogen-bond acceptors (Lipinski definition) is 1. The van der Waals surface area contributed by atoms with E-state index in [1.54, 1.807) is 23.1 Å². The van der Waals surface area contributed by atoms with E-state index in [9.17, 15) is 4.79 Å². The number of amides is 2. The van der Waals surface area contributed by atoms with Gasteiger partial charge in [0.25, 0.3) is 0 Å². The summed E-state index contributed by atoms with van der Waals surface area (Å²) in [5.41, 5.74) is 3.50. The molecule has 1 N–H and O–H groups in total. The number of benzene rings is 3. The molecule has 0 saturated carbocycles. The highest BCUT2D eigenvalue weighted by molar-refractivity contribution is 6.31. The maximum atomic E-state index is 12.9. The molecular weight excluding hydrogens is 355 g/mol. The highest BCUT2D eigenvalue weighted by atomic mass is 35.5. The Bertz CT molecular complexity index is 926. The van der Waals surface area contributed by atoms with Crippen LogP contribution in [0, 0.1) is 0 Å². The van der Waals surface area contributed by atoms with E-state index in [1.165, 1.54) is 0 Å². The van der Waals surface area contributed by atoms with Crippen LogP contribution in [0.2, 0.25) is 10.0 Å². The highest BCUT2D eigenvalue weighted by Crippen LogP contribution is 2.41. The van der Waals surface area contributed by atoms with E-state index in [0.29, 0.717) is 10.0 Å². The summed E-state index contributed by atoms with van der Waals surface area (Å²) in [6, 6.07) is 22.2. The van der Waals surface area contributed by atoms with Gasteiger partial charge in [-0.2, -0.15) is 0 Å². The molecule has 5 heteroatoms. The summed E-state index contributed by atoms with van der Waals surface area (Å²) in [7, 11) is 0. The average molecular weight is 369 g/mol. The fourth-order valence-corrected chi connectivity index (χ4v) is 3.44. The first kappa shape index (κ1) is 16.0. The third-order valence-corrected chi connectivity index (χ3v) is 4.73. The number of rotatable bonds is 2. The molecule has 1 aliphatic heterocycles. The van der Waals surface area contributed by atoms with E-state index in [2.05, 4.69) is 5.32 Å². The molecule has 0 aliphatic carbocycles. The molecule has 0 saturated heterocycles. The minimum Gasteiger partial charge on any atom is -0.307 e. The Hall–Kier alpha value is -2.49. The number of carbonyl (C=O) groups excluding carboxylic acids is 1. The normalized spacial score (nSPS) is 16.3. The second-order valence-electron chi connectivity index (χ2n) is 5.82. The molecule has 3 nitrogen and oxygen atoms in total. The standard InChI is InChI=1S/C20H14Cl2N2O/c21-14-6-9-16(10-7-14)24-19(13-4-2-1-3-5-13)17-12-15(22)8-11-18(17)23-20(24)25/h1-12,19H,(H,23,25). The molecule has 0 aromatic heterocycles. The lowest BCUT2D eigenvalue weighted by Crippen LogP contribution is -2.43. The third-order valence-electron chi connectivity index (χ3n) is 4.25. The molecule has 2 amide bonds. The minimum absolute atomic E-state index is 0.189. The SMILES string of the molecule is O=C1Nc2ccc(Cl)cc2C(c2ccccc2)N1c1ccc(Cl)cc1. The topological polar surface area (TPSA) is 32.3 Å². The lowest BCUT2D eigenvalue weighted by atomic mass is 9.93. The molecule has 25 heavy (non-hydrogen) atoms. The van der Waals surface area contributed by atoms with Gasteiger partial charge in [-0.05, 0) is 48.0 Å². The largest absolute Gasteiger partial charge is 0.327 e. The molecule has 1 aliphatic rings. The van der Waals surface area contributed by atoms with Crippen molar-refractivity contribution in [2.45, 2.75) is 6.04 Å². The van der Waals surface area contributed by atoms with Crippen LogP contribution >= 0.6 is 23.2 Å². The Balaban J connectivity index is 1.92. The van der Waals surface area contributed by atoms with Crippen molar-refractivity contribution in [3.8, 4) is 0 Å². The molecular formula is C20H14Cl2N2O. The maximum Gasteiger partial charge on any atom is 0.327 e. The van der Waals surface area contributed by atoms with Crippen molar-refractivity contribution in [2.75, 3.05) is 10.2 Å². The minimum atomic E-state index is -0.273. The van der Waals surface area contributed by atoms with Gasteiger partial charge in [-0.25, -0.2) is 4.79 Å². The van der Waals surface area contributed by atoms with Crippen LogP contribution in [0.15, 0.2) is 72.8 Å². The first-order chi connectivity index (χ1) is 12.1. The lowest BCUT2D eigenvalue weighted by Gasteiger charge is -2.38. The Morgan fingerprint density at radius 2 is 1.52 bits per heavy atom. The fourth-order valence-electron chi connectivity index (χ4n) is 3.14. The zero-order valence-corrected chi connectivity index (χ0v) is 14.6. The number of urea groups is 1. The van der Waals surface area contributed by atoms with E-state index in [-0.39, 0.29) is 12.1 Å². The van der Waals surface area contributed by atoms with Gasteiger partial charge in [0.05, 0.1) is 6.04 Å². The second kappa shape index (κ2) is 6.43. The molecule has 1 atom stereocenters. The Morgan fingerprint density at radius 1 is 0.840 bits per heavy atom. The van der Waals surface area contributed by atoms with Gasteiger partial charge in [0.2, 0.25) is 0 Å². The first-order valence-corrected chi connectivity index (χ1v) is 8.59. The van der Waals surface area contributed by atoms with Gasteiger partial charge in [0.15, 0.2) is 0 Å². The van der Waals surface area contributed by atoms with Crippen LogP contribution in [-0.4, -0.2) is 6.03 Å². The van der Waals surface area contributed by atoms with E-state index in [0.717, 1.165) is 22.5 Å². The van der Waals surface area contributed by atoms with Crippen LogP contribution < -0.4 is 10.2 Å². The van der Waals surface area contributed by atoms with Crippen LogP contribution in [0.25, 0.3) is 0 Å². The van der Waals surface area contributed by atoms with E-state index in [4.69, 9.17) is 23.2 Å². The summed E-state index contributed by atoms with van der Waals surface area (Å²) in [6.07, 6.45) is 0. The number of nitrogens with one attached hydrogen (secondary N) is 1. The van der Waals surface area contributed by atoms with Crippen LogP contribution in [0.3, 0.4) is 0 Å². The first-order valence-electron chi connectivity index (χ1n) is 7.83. The van der Waals surface area contributed by atoms with Gasteiger partial charge < -0.3 is 5.32 Å². The summed E-state index contributed by atoms with van der Waals surface area (Å²) < 4.78 is 0. The zero-order valence-electron chi connectivity index (χ0n) is 13.1. The number of nitrogens with zero attached hydrogens (tertiary/aromatic N) is 1. The molecule has 0 spiro atoms. The molecule has 3 aromatic carbocycles. The molecule has 0 fully saturated rings. The lowest BCUT2D eigenvalue weighted by molar-refractivity contribution is 0.255. The number of anilines is 2. The number of carbonyl (C=O) groups is 1. The van der Waals surface area contributed by atoms with Crippen molar-refractivity contribution in [1.82, 2.24) is 0 Å². The van der Waals surface area contributed by atoms with Gasteiger partial charge in [0, 0.05) is 27.0 Å². The maximum absolute atomic E-state index is 12.9. The van der Waals surface area contributed by atoms with Gasteiger partial charge in [-0.15, -0.1) is 0 Å². The van der Waals surface area contributed by atoms with Gasteiger partial charge >= 0.3 is 6.03 Å². The zero-order chi connectivity index (χ0) is 17.4. The van der Waals surface area contributed by atoms with Crippen molar-refractivity contribution in [2.24, 2.45) is 0 Å². The van der Waals surface area contributed by atoms with Crippen molar-refractivity contribution < 1.29 is 4.79 Å². The Morgan fingerprint density at radius 3 is 2.24 bits per heavy atom. The molecule has 0 radical (unpaired) electrons.